The summed E-state index contributed by atoms with van der Waals surface area (Å²) in [5.41, 5.74) is 5.37. The molecule has 0 aliphatic carbocycles. The molecular formula is C30H35NO4. The van der Waals surface area contributed by atoms with Crippen molar-refractivity contribution in [3.05, 3.63) is 89.5 Å². The van der Waals surface area contributed by atoms with Crippen LogP contribution in [0.25, 0.3) is 11.1 Å². The number of hydrogen-bond donors (Lipinski definition) is 2. The van der Waals surface area contributed by atoms with Gasteiger partial charge in [0.15, 0.2) is 0 Å². The van der Waals surface area contributed by atoms with E-state index in [1.807, 2.05) is 24.3 Å². The minimum Gasteiger partial charge on any atom is -0.493 e. The fraction of sp³-hybridized carbons (Fsp3) is 0.333. The maximum atomic E-state index is 12.1. The third kappa shape index (κ3) is 8.29. The van der Waals surface area contributed by atoms with Gasteiger partial charge in [-0.2, -0.15) is 0 Å². The first kappa shape index (κ1) is 26.0. The minimum absolute atomic E-state index is 0.0839. The molecule has 5 heteroatoms. The van der Waals surface area contributed by atoms with E-state index in [1.165, 1.54) is 11.1 Å². The zero-order valence-electron chi connectivity index (χ0n) is 20.8. The standard InChI is InChI=1S/C30H35NO4/c1-21(2)24-13-15-25(16-14-24)27-5-4-6-28(19-27)35-20-22(3)7-8-23-9-11-26(12-10-23)30(34)31-18-17-29(32)33/h4-6,9-16,19,21-22H,7-8,17-18,20H2,1-3H3,(H,31,34)(H,32,33). The van der Waals surface area contributed by atoms with Gasteiger partial charge in [-0.3, -0.25) is 9.59 Å². The van der Waals surface area contributed by atoms with Crippen molar-refractivity contribution < 1.29 is 19.4 Å². The molecule has 3 rings (SSSR count). The molecule has 0 radical (unpaired) electrons. The van der Waals surface area contributed by atoms with Crippen LogP contribution < -0.4 is 10.1 Å². The smallest absolute Gasteiger partial charge is 0.305 e. The summed E-state index contributed by atoms with van der Waals surface area (Å²) in [4.78, 5) is 22.6. The van der Waals surface area contributed by atoms with Gasteiger partial charge in [0, 0.05) is 12.1 Å². The van der Waals surface area contributed by atoms with Crippen LogP contribution in [0.1, 0.15) is 61.0 Å². The van der Waals surface area contributed by atoms with Crippen molar-refractivity contribution in [1.82, 2.24) is 5.32 Å². The number of carboxylic acids is 1. The van der Waals surface area contributed by atoms with Crippen LogP contribution in [-0.4, -0.2) is 30.1 Å². The van der Waals surface area contributed by atoms with Crippen molar-refractivity contribution in [3.63, 3.8) is 0 Å². The predicted octanol–water partition coefficient (Wildman–Crippen LogP) is 6.33. The Morgan fingerprint density at radius 2 is 1.63 bits per heavy atom. The van der Waals surface area contributed by atoms with Gasteiger partial charge < -0.3 is 15.2 Å². The van der Waals surface area contributed by atoms with Crippen LogP contribution in [-0.2, 0) is 11.2 Å². The van der Waals surface area contributed by atoms with Crippen LogP contribution in [0.2, 0.25) is 0 Å². The summed E-state index contributed by atoms with van der Waals surface area (Å²) in [7, 11) is 0. The maximum absolute atomic E-state index is 12.1. The molecule has 0 fully saturated rings. The maximum Gasteiger partial charge on any atom is 0.305 e. The van der Waals surface area contributed by atoms with Crippen LogP contribution in [0.4, 0.5) is 0 Å². The molecule has 35 heavy (non-hydrogen) atoms. The predicted molar refractivity (Wildman–Crippen MR) is 140 cm³/mol. The molecular weight excluding hydrogens is 438 g/mol. The molecule has 1 amide bonds. The lowest BCUT2D eigenvalue weighted by Crippen LogP contribution is -2.25. The molecule has 2 N–H and O–H groups in total. The summed E-state index contributed by atoms with van der Waals surface area (Å²) in [5, 5.41) is 11.3. The molecule has 3 aromatic rings. The quantitative estimate of drug-likeness (QED) is 0.322. The van der Waals surface area contributed by atoms with E-state index in [4.69, 9.17) is 9.84 Å². The number of aliphatic carboxylic acids is 1. The normalized spacial score (nSPS) is 11.8. The van der Waals surface area contributed by atoms with E-state index in [1.54, 1.807) is 12.1 Å². The summed E-state index contributed by atoms with van der Waals surface area (Å²) in [6.45, 7) is 7.34. The van der Waals surface area contributed by atoms with Gasteiger partial charge in [0.05, 0.1) is 13.0 Å². The van der Waals surface area contributed by atoms with Gasteiger partial charge in [-0.15, -0.1) is 0 Å². The number of hydrogen-bond acceptors (Lipinski definition) is 3. The monoisotopic (exact) mass is 473 g/mol. The summed E-state index contributed by atoms with van der Waals surface area (Å²) in [6.07, 6.45) is 1.79. The van der Waals surface area contributed by atoms with Gasteiger partial charge in [0.2, 0.25) is 0 Å². The number of carbonyl (C=O) groups is 2. The average Bonchev–Trinajstić information content (AvgIpc) is 2.86. The lowest BCUT2D eigenvalue weighted by atomic mass is 9.99. The third-order valence-electron chi connectivity index (χ3n) is 6.05. The molecule has 184 valence electrons. The topological polar surface area (TPSA) is 75.6 Å². The van der Waals surface area contributed by atoms with Gasteiger partial charge in [0.1, 0.15) is 5.75 Å². The van der Waals surface area contributed by atoms with Gasteiger partial charge in [-0.25, -0.2) is 0 Å². The van der Waals surface area contributed by atoms with Gasteiger partial charge >= 0.3 is 5.97 Å². The molecule has 5 nitrogen and oxygen atoms in total. The molecule has 0 saturated carbocycles. The third-order valence-corrected chi connectivity index (χ3v) is 6.05. The number of ether oxygens (including phenoxy) is 1. The van der Waals surface area contributed by atoms with Crippen LogP contribution in [0.3, 0.4) is 0 Å². The van der Waals surface area contributed by atoms with Crippen molar-refractivity contribution in [2.45, 2.75) is 46.0 Å². The van der Waals surface area contributed by atoms with E-state index < -0.39 is 5.97 Å². The van der Waals surface area contributed by atoms with Gasteiger partial charge in [-0.05, 0) is 71.2 Å². The van der Waals surface area contributed by atoms with E-state index in [-0.39, 0.29) is 18.9 Å². The van der Waals surface area contributed by atoms with E-state index in [2.05, 4.69) is 62.5 Å². The van der Waals surface area contributed by atoms with Crippen LogP contribution in [0.5, 0.6) is 5.75 Å². The van der Waals surface area contributed by atoms with Crippen LogP contribution in [0.15, 0.2) is 72.8 Å². The number of amides is 1. The van der Waals surface area contributed by atoms with E-state index in [0.717, 1.165) is 29.7 Å². The second-order valence-corrected chi connectivity index (χ2v) is 9.36. The number of carbonyl (C=O) groups excluding carboxylic acids is 1. The van der Waals surface area contributed by atoms with Crippen LogP contribution >= 0.6 is 0 Å². The Kier molecular flexibility index (Phi) is 9.47. The van der Waals surface area contributed by atoms with Crippen molar-refractivity contribution in [3.8, 4) is 16.9 Å². The van der Waals surface area contributed by atoms with E-state index in [9.17, 15) is 9.59 Å². The SMILES string of the molecule is CC(CCc1ccc(C(=O)NCCC(=O)O)cc1)COc1cccc(-c2ccc(C(C)C)cc2)c1. The largest absolute Gasteiger partial charge is 0.493 e. The van der Waals surface area contributed by atoms with Crippen LogP contribution in [0, 0.1) is 5.92 Å². The molecule has 0 aromatic heterocycles. The number of carboxylic acid groups (broad SMARTS) is 1. The first-order chi connectivity index (χ1) is 16.8. The molecule has 0 aliphatic heterocycles. The molecule has 1 atom stereocenters. The lowest BCUT2D eigenvalue weighted by molar-refractivity contribution is -0.136. The van der Waals surface area contributed by atoms with Crippen molar-refractivity contribution in [2.75, 3.05) is 13.2 Å². The number of benzene rings is 3. The minimum atomic E-state index is -0.928. The zero-order chi connectivity index (χ0) is 25.2. The van der Waals surface area contributed by atoms with E-state index in [0.29, 0.717) is 24.0 Å². The molecule has 0 aliphatic rings. The first-order valence-corrected chi connectivity index (χ1v) is 12.2. The van der Waals surface area contributed by atoms with Gasteiger partial charge in [0.25, 0.3) is 5.91 Å². The summed E-state index contributed by atoms with van der Waals surface area (Å²) in [6, 6.07) is 24.4. The Hall–Kier alpha value is -3.60. The van der Waals surface area contributed by atoms with Gasteiger partial charge in [-0.1, -0.05) is 69.3 Å². The first-order valence-electron chi connectivity index (χ1n) is 12.2. The second kappa shape index (κ2) is 12.7. The Balaban J connectivity index is 1.46. The highest BCUT2D eigenvalue weighted by Crippen LogP contribution is 2.26. The summed E-state index contributed by atoms with van der Waals surface area (Å²) >= 11 is 0. The Morgan fingerprint density at radius 3 is 2.29 bits per heavy atom. The summed E-state index contributed by atoms with van der Waals surface area (Å²) in [5.74, 6) is 0.595. The van der Waals surface area contributed by atoms with Crippen molar-refractivity contribution >= 4 is 11.9 Å². The van der Waals surface area contributed by atoms with E-state index >= 15 is 0 Å². The molecule has 0 spiro atoms. The molecule has 0 bridgehead atoms. The van der Waals surface area contributed by atoms with Crippen molar-refractivity contribution in [1.29, 1.82) is 0 Å². The molecule has 0 saturated heterocycles. The number of rotatable bonds is 12. The highest BCUT2D eigenvalue weighted by Gasteiger charge is 2.09. The Bertz CT molecular complexity index is 1100. The lowest BCUT2D eigenvalue weighted by Gasteiger charge is -2.14. The van der Waals surface area contributed by atoms with Crippen molar-refractivity contribution in [2.24, 2.45) is 5.92 Å². The fourth-order valence-electron chi connectivity index (χ4n) is 3.77. The second-order valence-electron chi connectivity index (χ2n) is 9.36. The highest BCUT2D eigenvalue weighted by atomic mass is 16.5. The Labute approximate surface area is 208 Å². The fourth-order valence-corrected chi connectivity index (χ4v) is 3.77. The molecule has 0 heterocycles. The highest BCUT2D eigenvalue weighted by molar-refractivity contribution is 5.94. The molecule has 1 unspecified atom stereocenters. The molecule has 3 aromatic carbocycles. The average molecular weight is 474 g/mol. The zero-order valence-corrected chi connectivity index (χ0v) is 20.8. The Morgan fingerprint density at radius 1 is 0.914 bits per heavy atom. The number of nitrogens with one attached hydrogen (secondary N) is 1. The number of aryl methyl sites for hydroxylation is 1. The summed E-state index contributed by atoms with van der Waals surface area (Å²) < 4.78 is 6.09.